The van der Waals surface area contributed by atoms with Gasteiger partial charge in [-0.05, 0) is 24.8 Å². The highest BCUT2D eigenvalue weighted by molar-refractivity contribution is 5.74. The highest BCUT2D eigenvalue weighted by Gasteiger charge is 2.36. The summed E-state index contributed by atoms with van der Waals surface area (Å²) in [7, 11) is 0. The number of carboxylic acids is 1. The Labute approximate surface area is 133 Å². The number of likely N-dealkylation sites (tertiary alicyclic amines) is 1. The lowest BCUT2D eigenvalue weighted by atomic mass is 9.83. The minimum absolute atomic E-state index is 0.0313. The lowest BCUT2D eigenvalue weighted by Gasteiger charge is -2.42. The minimum atomic E-state index is -0.853. The third-order valence-corrected chi connectivity index (χ3v) is 4.61. The first-order chi connectivity index (χ1) is 11.0. The fourth-order valence-electron chi connectivity index (χ4n) is 3.61. The Hall–Kier alpha value is -2.31. The van der Waals surface area contributed by atoms with Crippen molar-refractivity contribution in [2.24, 2.45) is 5.92 Å². The van der Waals surface area contributed by atoms with E-state index in [0.29, 0.717) is 38.5 Å². The van der Waals surface area contributed by atoms with E-state index < -0.39 is 5.97 Å². The molecule has 0 aliphatic carbocycles. The Kier molecular flexibility index (Phi) is 4.36. The van der Waals surface area contributed by atoms with Gasteiger partial charge >= 0.3 is 12.0 Å². The molecule has 2 aliphatic heterocycles. The van der Waals surface area contributed by atoms with Gasteiger partial charge in [0.25, 0.3) is 5.56 Å². The first kappa shape index (κ1) is 15.6. The topological polar surface area (TPSA) is 91.6 Å². The normalized spacial score (nSPS) is 22.3. The Morgan fingerprint density at radius 3 is 2.87 bits per heavy atom. The van der Waals surface area contributed by atoms with Crippen LogP contribution >= 0.6 is 0 Å². The SMILES string of the molecule is O=C(O)CCCNC(=O)N1CC2CC(C1)c1cccc(=O)n1C2. The van der Waals surface area contributed by atoms with Gasteiger partial charge in [-0.3, -0.25) is 9.59 Å². The van der Waals surface area contributed by atoms with Crippen LogP contribution in [0.3, 0.4) is 0 Å². The second-order valence-electron chi connectivity index (χ2n) is 6.33. The van der Waals surface area contributed by atoms with Gasteiger partial charge in [-0.15, -0.1) is 0 Å². The molecule has 23 heavy (non-hydrogen) atoms. The number of nitrogens with one attached hydrogen (secondary N) is 1. The molecule has 2 bridgehead atoms. The second kappa shape index (κ2) is 6.44. The van der Waals surface area contributed by atoms with Crippen LogP contribution in [-0.4, -0.2) is 46.2 Å². The van der Waals surface area contributed by atoms with Gasteiger partial charge in [0.15, 0.2) is 0 Å². The number of carbonyl (C=O) groups excluding carboxylic acids is 1. The number of urea groups is 1. The standard InChI is InChI=1S/C16H21N3O4/c20-14-4-1-3-13-12-7-11(9-19(13)14)8-18(10-12)16(23)17-6-2-5-15(21)22/h1,3-4,11-12H,2,5-10H2,(H,17,23)(H,21,22). The number of fused-ring (bicyclic) bond motifs is 4. The molecule has 3 rings (SSSR count). The van der Waals surface area contributed by atoms with Crippen LogP contribution in [0.1, 0.15) is 30.9 Å². The summed E-state index contributed by atoms with van der Waals surface area (Å²) in [5, 5.41) is 11.4. The van der Waals surface area contributed by atoms with Gasteiger partial charge in [-0.1, -0.05) is 6.07 Å². The van der Waals surface area contributed by atoms with Gasteiger partial charge in [-0.2, -0.15) is 0 Å². The van der Waals surface area contributed by atoms with Crippen LogP contribution in [0, 0.1) is 5.92 Å². The average Bonchev–Trinajstić information content (AvgIpc) is 2.52. The number of pyridine rings is 1. The van der Waals surface area contributed by atoms with E-state index >= 15 is 0 Å². The molecule has 2 amide bonds. The van der Waals surface area contributed by atoms with E-state index in [1.165, 1.54) is 0 Å². The van der Waals surface area contributed by atoms with Crippen LogP contribution in [0.4, 0.5) is 4.79 Å². The molecule has 1 saturated heterocycles. The number of aliphatic carboxylic acids is 1. The molecule has 0 saturated carbocycles. The van der Waals surface area contributed by atoms with E-state index in [1.807, 2.05) is 10.6 Å². The van der Waals surface area contributed by atoms with Crippen LogP contribution < -0.4 is 10.9 Å². The minimum Gasteiger partial charge on any atom is -0.481 e. The second-order valence-corrected chi connectivity index (χ2v) is 6.33. The Bertz CT molecular complexity index is 670. The summed E-state index contributed by atoms with van der Waals surface area (Å²) in [6.07, 6.45) is 1.49. The molecule has 2 N–H and O–H groups in total. The van der Waals surface area contributed by atoms with Crippen molar-refractivity contribution in [3.05, 3.63) is 34.2 Å². The number of amides is 2. The third kappa shape index (κ3) is 3.38. The third-order valence-electron chi connectivity index (χ3n) is 4.61. The average molecular weight is 319 g/mol. The summed E-state index contributed by atoms with van der Waals surface area (Å²) >= 11 is 0. The summed E-state index contributed by atoms with van der Waals surface area (Å²) in [6, 6.07) is 5.18. The highest BCUT2D eigenvalue weighted by atomic mass is 16.4. The lowest BCUT2D eigenvalue weighted by Crippen LogP contribution is -2.52. The molecule has 3 heterocycles. The Morgan fingerprint density at radius 2 is 2.09 bits per heavy atom. The van der Waals surface area contributed by atoms with Crippen LogP contribution in [0.5, 0.6) is 0 Å². The van der Waals surface area contributed by atoms with E-state index in [0.717, 1.165) is 12.1 Å². The first-order valence-electron chi connectivity index (χ1n) is 7.99. The predicted octanol–water partition coefficient (Wildman–Crippen LogP) is 0.842. The quantitative estimate of drug-likeness (QED) is 0.805. The van der Waals surface area contributed by atoms with Crippen molar-refractivity contribution in [1.82, 2.24) is 14.8 Å². The Morgan fingerprint density at radius 1 is 1.26 bits per heavy atom. The first-order valence-corrected chi connectivity index (χ1v) is 7.99. The zero-order valence-corrected chi connectivity index (χ0v) is 12.9. The maximum atomic E-state index is 12.3. The van der Waals surface area contributed by atoms with E-state index in [-0.39, 0.29) is 23.9 Å². The molecule has 7 nitrogen and oxygen atoms in total. The molecule has 0 aromatic carbocycles. The molecule has 2 aliphatic rings. The van der Waals surface area contributed by atoms with Gasteiger partial charge in [0, 0.05) is 50.3 Å². The molecule has 0 spiro atoms. The van der Waals surface area contributed by atoms with Crippen molar-refractivity contribution in [1.29, 1.82) is 0 Å². The molecule has 1 aromatic rings. The van der Waals surface area contributed by atoms with Gasteiger partial charge in [0.05, 0.1) is 0 Å². The van der Waals surface area contributed by atoms with E-state index in [2.05, 4.69) is 5.32 Å². The van der Waals surface area contributed by atoms with Gasteiger partial charge in [0.2, 0.25) is 0 Å². The van der Waals surface area contributed by atoms with Gasteiger partial charge < -0.3 is 19.9 Å². The van der Waals surface area contributed by atoms with E-state index in [4.69, 9.17) is 5.11 Å². The highest BCUT2D eigenvalue weighted by Crippen LogP contribution is 2.34. The number of carboxylic acid groups (broad SMARTS) is 1. The van der Waals surface area contributed by atoms with Gasteiger partial charge in [0.1, 0.15) is 0 Å². The van der Waals surface area contributed by atoms with Crippen LogP contribution in [0.25, 0.3) is 0 Å². The number of hydrogen-bond donors (Lipinski definition) is 2. The summed E-state index contributed by atoms with van der Waals surface area (Å²) in [5.74, 6) is -0.360. The molecular weight excluding hydrogens is 298 g/mol. The number of carbonyl (C=O) groups is 2. The van der Waals surface area contributed by atoms with E-state index in [9.17, 15) is 14.4 Å². The number of aromatic nitrogens is 1. The van der Waals surface area contributed by atoms with Crippen molar-refractivity contribution >= 4 is 12.0 Å². The summed E-state index contributed by atoms with van der Waals surface area (Å²) in [5.41, 5.74) is 1.04. The van der Waals surface area contributed by atoms with Crippen molar-refractivity contribution in [2.45, 2.75) is 31.7 Å². The molecular formula is C16H21N3O4. The van der Waals surface area contributed by atoms with Crippen molar-refractivity contribution < 1.29 is 14.7 Å². The largest absolute Gasteiger partial charge is 0.481 e. The predicted molar refractivity (Wildman–Crippen MR) is 83.4 cm³/mol. The number of piperidine rings is 1. The molecule has 0 radical (unpaired) electrons. The zero-order chi connectivity index (χ0) is 16.4. The molecule has 1 aromatic heterocycles. The molecule has 2 atom stereocenters. The Balaban J connectivity index is 1.62. The smallest absolute Gasteiger partial charge is 0.317 e. The number of hydrogen-bond acceptors (Lipinski definition) is 3. The summed E-state index contributed by atoms with van der Waals surface area (Å²) < 4.78 is 1.83. The number of nitrogens with zero attached hydrogens (tertiary/aromatic N) is 2. The number of rotatable bonds is 4. The van der Waals surface area contributed by atoms with Crippen LogP contribution in [0.2, 0.25) is 0 Å². The van der Waals surface area contributed by atoms with Crippen molar-refractivity contribution in [3.8, 4) is 0 Å². The van der Waals surface area contributed by atoms with Crippen LogP contribution in [-0.2, 0) is 11.3 Å². The monoisotopic (exact) mass is 319 g/mol. The van der Waals surface area contributed by atoms with Gasteiger partial charge in [-0.25, -0.2) is 4.79 Å². The summed E-state index contributed by atoms with van der Waals surface area (Å²) in [4.78, 5) is 36.5. The fourth-order valence-corrected chi connectivity index (χ4v) is 3.61. The molecule has 124 valence electrons. The van der Waals surface area contributed by atoms with Crippen LogP contribution in [0.15, 0.2) is 23.0 Å². The zero-order valence-electron chi connectivity index (χ0n) is 12.9. The molecule has 7 heteroatoms. The summed E-state index contributed by atoms with van der Waals surface area (Å²) in [6.45, 7) is 2.27. The van der Waals surface area contributed by atoms with E-state index in [1.54, 1.807) is 17.0 Å². The van der Waals surface area contributed by atoms with Crippen molar-refractivity contribution in [3.63, 3.8) is 0 Å². The fraction of sp³-hybridized carbons (Fsp3) is 0.562. The van der Waals surface area contributed by atoms with Crippen molar-refractivity contribution in [2.75, 3.05) is 19.6 Å². The lowest BCUT2D eigenvalue weighted by molar-refractivity contribution is -0.137. The maximum Gasteiger partial charge on any atom is 0.317 e. The maximum absolute atomic E-state index is 12.3. The molecule has 1 fully saturated rings. The molecule has 2 unspecified atom stereocenters.